The fourth-order valence-corrected chi connectivity index (χ4v) is 2.60. The van der Waals surface area contributed by atoms with Crippen LogP contribution >= 0.6 is 0 Å². The molecule has 2 aliphatic heterocycles. The predicted octanol–water partition coefficient (Wildman–Crippen LogP) is -0.177. The Hall–Kier alpha value is -0.650. The zero-order chi connectivity index (χ0) is 12.8. The lowest BCUT2D eigenvalue weighted by molar-refractivity contribution is -0.126. The van der Waals surface area contributed by atoms with Crippen LogP contribution in [0, 0.1) is 5.92 Å². The van der Waals surface area contributed by atoms with Crippen LogP contribution in [0.5, 0.6) is 0 Å². The molecule has 2 rings (SSSR count). The molecule has 0 bridgehead atoms. The van der Waals surface area contributed by atoms with Gasteiger partial charge in [0, 0.05) is 19.6 Å². The smallest absolute Gasteiger partial charge is 0.239 e. The molecular weight excluding hydrogens is 230 g/mol. The molecule has 1 amide bonds. The molecule has 5 nitrogen and oxygen atoms in total. The molecule has 0 aromatic heterocycles. The predicted molar refractivity (Wildman–Crippen MR) is 70.5 cm³/mol. The first-order valence-electron chi connectivity index (χ1n) is 7.07. The second-order valence-electron chi connectivity index (χ2n) is 5.44. The summed E-state index contributed by atoms with van der Waals surface area (Å²) >= 11 is 0. The summed E-state index contributed by atoms with van der Waals surface area (Å²) in [5.74, 6) is 0.583. The minimum atomic E-state index is -0.169. The molecule has 5 heteroatoms. The van der Waals surface area contributed by atoms with E-state index in [2.05, 4.69) is 22.5 Å². The topological polar surface area (TPSA) is 53.6 Å². The van der Waals surface area contributed by atoms with E-state index in [0.717, 1.165) is 19.6 Å². The van der Waals surface area contributed by atoms with E-state index < -0.39 is 0 Å². The molecule has 0 aromatic rings. The molecule has 0 aromatic carbocycles. The molecule has 0 spiro atoms. The molecule has 104 valence electrons. The van der Waals surface area contributed by atoms with Crippen LogP contribution in [0.25, 0.3) is 0 Å². The van der Waals surface area contributed by atoms with Crippen LogP contribution in [0.4, 0.5) is 0 Å². The van der Waals surface area contributed by atoms with Gasteiger partial charge in [-0.15, -0.1) is 0 Å². The van der Waals surface area contributed by atoms with Crippen molar-refractivity contribution in [3.63, 3.8) is 0 Å². The van der Waals surface area contributed by atoms with E-state index in [1.54, 1.807) is 0 Å². The summed E-state index contributed by atoms with van der Waals surface area (Å²) < 4.78 is 5.29. The van der Waals surface area contributed by atoms with Crippen molar-refractivity contribution >= 4 is 5.91 Å². The minimum absolute atomic E-state index is 0.0722. The third-order valence-electron chi connectivity index (χ3n) is 3.63. The zero-order valence-corrected chi connectivity index (χ0v) is 11.3. The summed E-state index contributed by atoms with van der Waals surface area (Å²) in [6, 6.07) is -0.169. The van der Waals surface area contributed by atoms with Crippen LogP contribution in [-0.2, 0) is 9.53 Å². The lowest BCUT2D eigenvalue weighted by atomic mass is 10.1. The second kappa shape index (κ2) is 7.07. The number of hydrogen-bond acceptors (Lipinski definition) is 4. The number of carbonyl (C=O) groups excluding carboxylic acids is 1. The molecule has 2 atom stereocenters. The summed E-state index contributed by atoms with van der Waals surface area (Å²) in [5.41, 5.74) is 0. The molecule has 2 saturated heterocycles. The van der Waals surface area contributed by atoms with E-state index in [9.17, 15) is 4.79 Å². The Morgan fingerprint density at radius 1 is 1.50 bits per heavy atom. The molecular formula is C13H25N3O2. The number of nitrogens with one attached hydrogen (secondary N) is 2. The van der Waals surface area contributed by atoms with E-state index in [1.807, 2.05) is 0 Å². The van der Waals surface area contributed by atoms with Crippen molar-refractivity contribution < 1.29 is 9.53 Å². The molecule has 2 aliphatic rings. The average molecular weight is 255 g/mol. The molecule has 2 fully saturated rings. The minimum Gasteiger partial charge on any atom is -0.378 e. The monoisotopic (exact) mass is 255 g/mol. The van der Waals surface area contributed by atoms with Crippen LogP contribution in [0.3, 0.4) is 0 Å². The van der Waals surface area contributed by atoms with Gasteiger partial charge in [0.2, 0.25) is 5.91 Å². The SMILES string of the molecule is CC(CNC(=O)C1COCCN1)CN1CCCC1. The van der Waals surface area contributed by atoms with Crippen LogP contribution in [0.15, 0.2) is 0 Å². The molecule has 2 heterocycles. The van der Waals surface area contributed by atoms with Gasteiger partial charge in [0.25, 0.3) is 0 Å². The Labute approximate surface area is 109 Å². The largest absolute Gasteiger partial charge is 0.378 e. The fourth-order valence-electron chi connectivity index (χ4n) is 2.60. The highest BCUT2D eigenvalue weighted by Gasteiger charge is 2.21. The molecule has 18 heavy (non-hydrogen) atoms. The Morgan fingerprint density at radius 3 is 2.94 bits per heavy atom. The third kappa shape index (κ3) is 4.23. The van der Waals surface area contributed by atoms with Crippen molar-refractivity contribution in [2.45, 2.75) is 25.8 Å². The molecule has 2 N–H and O–H groups in total. The van der Waals surface area contributed by atoms with Crippen molar-refractivity contribution in [2.75, 3.05) is 45.9 Å². The summed E-state index contributed by atoms with van der Waals surface area (Å²) in [6.45, 7) is 8.45. The highest BCUT2D eigenvalue weighted by Crippen LogP contribution is 2.09. The normalized spacial score (nSPS) is 27.1. The number of rotatable bonds is 5. The molecule has 2 unspecified atom stereocenters. The van der Waals surface area contributed by atoms with Gasteiger partial charge in [-0.1, -0.05) is 6.92 Å². The van der Waals surface area contributed by atoms with E-state index in [-0.39, 0.29) is 11.9 Å². The van der Waals surface area contributed by atoms with Crippen LogP contribution in [0.1, 0.15) is 19.8 Å². The summed E-state index contributed by atoms with van der Waals surface area (Å²) in [7, 11) is 0. The van der Waals surface area contributed by atoms with Gasteiger partial charge in [0.15, 0.2) is 0 Å². The van der Waals surface area contributed by atoms with E-state index in [1.165, 1.54) is 25.9 Å². The second-order valence-corrected chi connectivity index (χ2v) is 5.44. The molecule has 0 saturated carbocycles. The molecule has 0 aliphatic carbocycles. The van der Waals surface area contributed by atoms with Gasteiger partial charge in [0.1, 0.15) is 6.04 Å². The first kappa shape index (κ1) is 13.8. The van der Waals surface area contributed by atoms with Gasteiger partial charge in [-0.2, -0.15) is 0 Å². The summed E-state index contributed by atoms with van der Waals surface area (Å²) in [6.07, 6.45) is 2.64. The van der Waals surface area contributed by atoms with E-state index in [0.29, 0.717) is 19.1 Å². The van der Waals surface area contributed by atoms with Crippen LogP contribution in [0.2, 0.25) is 0 Å². The van der Waals surface area contributed by atoms with Gasteiger partial charge in [0.05, 0.1) is 13.2 Å². The summed E-state index contributed by atoms with van der Waals surface area (Å²) in [4.78, 5) is 14.4. The van der Waals surface area contributed by atoms with Crippen molar-refractivity contribution in [2.24, 2.45) is 5.92 Å². The van der Waals surface area contributed by atoms with Gasteiger partial charge in [-0.25, -0.2) is 0 Å². The Morgan fingerprint density at radius 2 is 2.28 bits per heavy atom. The lowest BCUT2D eigenvalue weighted by Gasteiger charge is -2.25. The van der Waals surface area contributed by atoms with Gasteiger partial charge < -0.3 is 20.3 Å². The number of amides is 1. The van der Waals surface area contributed by atoms with E-state index in [4.69, 9.17) is 4.74 Å². The number of hydrogen-bond donors (Lipinski definition) is 2. The van der Waals surface area contributed by atoms with Crippen LogP contribution < -0.4 is 10.6 Å². The maximum atomic E-state index is 11.9. The van der Waals surface area contributed by atoms with Crippen molar-refractivity contribution in [1.82, 2.24) is 15.5 Å². The highest BCUT2D eigenvalue weighted by atomic mass is 16.5. The van der Waals surface area contributed by atoms with Crippen molar-refractivity contribution in [1.29, 1.82) is 0 Å². The highest BCUT2D eigenvalue weighted by molar-refractivity contribution is 5.81. The summed E-state index contributed by atoms with van der Waals surface area (Å²) in [5, 5.41) is 6.19. The number of carbonyl (C=O) groups is 1. The van der Waals surface area contributed by atoms with Crippen molar-refractivity contribution in [3.8, 4) is 0 Å². The Bertz CT molecular complexity index is 261. The van der Waals surface area contributed by atoms with Gasteiger partial charge in [-0.05, 0) is 31.8 Å². The first-order chi connectivity index (χ1) is 8.75. The van der Waals surface area contributed by atoms with Gasteiger partial charge in [-0.3, -0.25) is 4.79 Å². The third-order valence-corrected chi connectivity index (χ3v) is 3.63. The number of nitrogens with zero attached hydrogens (tertiary/aromatic N) is 1. The number of ether oxygens (including phenoxy) is 1. The maximum absolute atomic E-state index is 11.9. The number of morpholine rings is 1. The van der Waals surface area contributed by atoms with Crippen molar-refractivity contribution in [3.05, 3.63) is 0 Å². The number of likely N-dealkylation sites (tertiary alicyclic amines) is 1. The molecule has 0 radical (unpaired) electrons. The fraction of sp³-hybridized carbons (Fsp3) is 0.923. The Kier molecular flexibility index (Phi) is 5.41. The lowest BCUT2D eigenvalue weighted by Crippen LogP contribution is -2.52. The Balaban J connectivity index is 1.61. The first-order valence-corrected chi connectivity index (χ1v) is 7.07. The zero-order valence-electron chi connectivity index (χ0n) is 11.3. The quantitative estimate of drug-likeness (QED) is 0.716. The van der Waals surface area contributed by atoms with Gasteiger partial charge >= 0.3 is 0 Å². The maximum Gasteiger partial charge on any atom is 0.239 e. The average Bonchev–Trinajstić information content (AvgIpc) is 2.90. The van der Waals surface area contributed by atoms with Crippen LogP contribution in [-0.4, -0.2) is 62.8 Å². The van der Waals surface area contributed by atoms with E-state index >= 15 is 0 Å². The standard InChI is InChI=1S/C13H25N3O2/c1-11(9-16-5-2-3-6-16)8-15-13(17)12-10-18-7-4-14-12/h11-12,14H,2-10H2,1H3,(H,15,17).